The van der Waals surface area contributed by atoms with Crippen LogP contribution in [0.1, 0.15) is 41.1 Å². The Morgan fingerprint density at radius 1 is 1.25 bits per heavy atom. The van der Waals surface area contributed by atoms with Crippen molar-refractivity contribution in [1.82, 2.24) is 0 Å². The zero-order valence-corrected chi connectivity index (χ0v) is 13.0. The Hall–Kier alpha value is -1.06. The number of hydrogen-bond donors (Lipinski definition) is 1. The Bertz CT molecular complexity index is 599. The molecule has 1 unspecified atom stereocenters. The van der Waals surface area contributed by atoms with Crippen molar-refractivity contribution in [1.29, 1.82) is 0 Å². The molecule has 1 atom stereocenters. The molecule has 106 valence electrons. The molecule has 20 heavy (non-hydrogen) atoms. The van der Waals surface area contributed by atoms with Crippen LogP contribution in [0, 0.1) is 5.82 Å². The smallest absolute Gasteiger partial charge is 0.143 e. The maximum Gasteiger partial charge on any atom is 0.143 e. The van der Waals surface area contributed by atoms with Crippen LogP contribution in [0.3, 0.4) is 0 Å². The first-order valence-corrected chi connectivity index (χ1v) is 8.16. The van der Waals surface area contributed by atoms with Crippen LogP contribution in [0.5, 0.6) is 0 Å². The molecule has 4 heteroatoms. The molecule has 1 aliphatic rings. The van der Waals surface area contributed by atoms with Gasteiger partial charge < -0.3 is 5.32 Å². The van der Waals surface area contributed by atoms with Crippen molar-refractivity contribution < 1.29 is 4.39 Å². The van der Waals surface area contributed by atoms with Crippen molar-refractivity contribution in [2.45, 2.75) is 38.6 Å². The molecule has 0 amide bonds. The lowest BCUT2D eigenvalue weighted by atomic mass is 9.99. The molecule has 1 N–H and O–H groups in total. The highest BCUT2D eigenvalue weighted by molar-refractivity contribution is 7.12. The summed E-state index contributed by atoms with van der Waals surface area (Å²) in [4.78, 5) is 2.86. The van der Waals surface area contributed by atoms with E-state index in [1.807, 2.05) is 17.4 Å². The van der Waals surface area contributed by atoms with Gasteiger partial charge in [0.1, 0.15) is 5.82 Å². The Morgan fingerprint density at radius 3 is 2.80 bits per heavy atom. The monoisotopic (exact) mass is 309 g/mol. The lowest BCUT2D eigenvalue weighted by Crippen LogP contribution is -2.05. The van der Waals surface area contributed by atoms with Gasteiger partial charge in [-0.2, -0.15) is 0 Å². The SMILES string of the molecule is CC(Nc1ccc(Cl)c(F)c1)c1cc2c(s1)CCCC2. The van der Waals surface area contributed by atoms with Crippen molar-refractivity contribution >= 4 is 28.6 Å². The van der Waals surface area contributed by atoms with Crippen LogP contribution in [0.2, 0.25) is 5.02 Å². The Morgan fingerprint density at radius 2 is 2.05 bits per heavy atom. The summed E-state index contributed by atoms with van der Waals surface area (Å²) >= 11 is 7.59. The maximum atomic E-state index is 13.4. The van der Waals surface area contributed by atoms with E-state index < -0.39 is 0 Å². The molecule has 1 aromatic heterocycles. The van der Waals surface area contributed by atoms with E-state index in [0.717, 1.165) is 5.69 Å². The standard InChI is InChI=1S/C16H17ClFNS/c1-10(19-12-6-7-13(17)14(18)9-12)16-8-11-4-2-3-5-15(11)20-16/h6-10,19H,2-5H2,1H3. The summed E-state index contributed by atoms with van der Waals surface area (Å²) in [5.74, 6) is -0.380. The minimum Gasteiger partial charge on any atom is -0.378 e. The van der Waals surface area contributed by atoms with E-state index in [-0.39, 0.29) is 16.9 Å². The number of aryl methyl sites for hydroxylation is 2. The van der Waals surface area contributed by atoms with Crippen LogP contribution in [-0.4, -0.2) is 0 Å². The second-order valence-electron chi connectivity index (χ2n) is 5.30. The first kappa shape index (κ1) is 13.9. The second-order valence-corrected chi connectivity index (χ2v) is 6.87. The number of hydrogen-bond acceptors (Lipinski definition) is 2. The normalized spacial score (nSPS) is 15.8. The predicted molar refractivity (Wildman–Crippen MR) is 84.4 cm³/mol. The lowest BCUT2D eigenvalue weighted by Gasteiger charge is -2.14. The lowest BCUT2D eigenvalue weighted by molar-refractivity contribution is 0.628. The van der Waals surface area contributed by atoms with E-state index in [4.69, 9.17) is 11.6 Å². The van der Waals surface area contributed by atoms with Gasteiger partial charge in [-0.1, -0.05) is 11.6 Å². The van der Waals surface area contributed by atoms with Gasteiger partial charge in [0, 0.05) is 15.4 Å². The third-order valence-corrected chi connectivity index (χ3v) is 5.47. The summed E-state index contributed by atoms with van der Waals surface area (Å²) in [6, 6.07) is 7.35. The number of anilines is 1. The van der Waals surface area contributed by atoms with Crippen LogP contribution in [-0.2, 0) is 12.8 Å². The van der Waals surface area contributed by atoms with Gasteiger partial charge in [-0.05, 0) is 62.4 Å². The zero-order chi connectivity index (χ0) is 14.1. The molecule has 1 nitrogen and oxygen atoms in total. The van der Waals surface area contributed by atoms with Gasteiger partial charge in [0.25, 0.3) is 0 Å². The van der Waals surface area contributed by atoms with Gasteiger partial charge >= 0.3 is 0 Å². The molecular weight excluding hydrogens is 293 g/mol. The summed E-state index contributed by atoms with van der Waals surface area (Å²) < 4.78 is 13.4. The largest absolute Gasteiger partial charge is 0.378 e. The number of nitrogens with one attached hydrogen (secondary N) is 1. The van der Waals surface area contributed by atoms with Crippen molar-refractivity contribution in [3.05, 3.63) is 50.4 Å². The topological polar surface area (TPSA) is 12.0 Å². The quantitative estimate of drug-likeness (QED) is 0.779. The number of rotatable bonds is 3. The molecule has 0 fully saturated rings. The Balaban J connectivity index is 1.76. The van der Waals surface area contributed by atoms with Crippen molar-refractivity contribution in [2.24, 2.45) is 0 Å². The predicted octanol–water partition coefficient (Wildman–Crippen LogP) is 5.59. The summed E-state index contributed by atoms with van der Waals surface area (Å²) in [6.45, 7) is 2.11. The van der Waals surface area contributed by atoms with E-state index in [9.17, 15) is 4.39 Å². The van der Waals surface area contributed by atoms with Gasteiger partial charge in [0.15, 0.2) is 0 Å². The molecule has 0 spiro atoms. The van der Waals surface area contributed by atoms with Gasteiger partial charge in [-0.3, -0.25) is 0 Å². The summed E-state index contributed by atoms with van der Waals surface area (Å²) in [6.07, 6.45) is 5.01. The molecule has 1 aliphatic carbocycles. The van der Waals surface area contributed by atoms with Crippen LogP contribution >= 0.6 is 22.9 Å². The summed E-state index contributed by atoms with van der Waals surface area (Å²) in [5, 5.41) is 3.51. The second kappa shape index (κ2) is 5.74. The van der Waals surface area contributed by atoms with Gasteiger partial charge in [0.05, 0.1) is 11.1 Å². The molecule has 1 heterocycles. The Kier molecular flexibility index (Phi) is 3.99. The fourth-order valence-electron chi connectivity index (χ4n) is 2.63. The zero-order valence-electron chi connectivity index (χ0n) is 11.4. The fourth-order valence-corrected chi connectivity index (χ4v) is 4.01. The molecule has 1 aromatic carbocycles. The molecule has 0 radical (unpaired) electrons. The van der Waals surface area contributed by atoms with E-state index >= 15 is 0 Å². The summed E-state index contributed by atoms with van der Waals surface area (Å²) in [5.41, 5.74) is 2.28. The highest BCUT2D eigenvalue weighted by Crippen LogP contribution is 2.34. The molecule has 0 saturated heterocycles. The number of halogens is 2. The Labute approximate surface area is 127 Å². The van der Waals surface area contributed by atoms with E-state index in [1.165, 1.54) is 47.1 Å². The minimum atomic E-state index is -0.380. The van der Waals surface area contributed by atoms with Crippen molar-refractivity contribution in [3.8, 4) is 0 Å². The van der Waals surface area contributed by atoms with Crippen molar-refractivity contribution in [3.63, 3.8) is 0 Å². The molecular formula is C16H17ClFNS. The molecule has 3 rings (SSSR count). The average Bonchev–Trinajstić information content (AvgIpc) is 2.87. The molecule has 0 saturated carbocycles. The van der Waals surface area contributed by atoms with Crippen molar-refractivity contribution in [2.75, 3.05) is 5.32 Å². The van der Waals surface area contributed by atoms with Crippen LogP contribution in [0.15, 0.2) is 24.3 Å². The van der Waals surface area contributed by atoms with Crippen LogP contribution in [0.4, 0.5) is 10.1 Å². The first-order chi connectivity index (χ1) is 9.63. The average molecular weight is 310 g/mol. The van der Waals surface area contributed by atoms with Gasteiger partial charge in [-0.25, -0.2) is 4.39 Å². The highest BCUT2D eigenvalue weighted by Gasteiger charge is 2.16. The van der Waals surface area contributed by atoms with Gasteiger partial charge in [-0.15, -0.1) is 11.3 Å². The first-order valence-electron chi connectivity index (χ1n) is 6.96. The van der Waals surface area contributed by atoms with Crippen LogP contribution < -0.4 is 5.32 Å². The number of thiophene rings is 1. The highest BCUT2D eigenvalue weighted by atomic mass is 35.5. The third-order valence-electron chi connectivity index (χ3n) is 3.75. The molecule has 0 aliphatic heterocycles. The molecule has 2 aromatic rings. The third kappa shape index (κ3) is 2.84. The fraction of sp³-hybridized carbons (Fsp3) is 0.375. The minimum absolute atomic E-state index is 0.162. The summed E-state index contributed by atoms with van der Waals surface area (Å²) in [7, 11) is 0. The maximum absolute atomic E-state index is 13.4. The van der Waals surface area contributed by atoms with E-state index in [0.29, 0.717) is 0 Å². The van der Waals surface area contributed by atoms with E-state index in [2.05, 4.69) is 18.3 Å². The van der Waals surface area contributed by atoms with E-state index in [1.54, 1.807) is 6.07 Å². The van der Waals surface area contributed by atoms with Gasteiger partial charge in [0.2, 0.25) is 0 Å². The molecule has 0 bridgehead atoms. The number of benzene rings is 1. The number of fused-ring (bicyclic) bond motifs is 1. The van der Waals surface area contributed by atoms with Crippen LogP contribution in [0.25, 0.3) is 0 Å².